The van der Waals surface area contributed by atoms with E-state index in [9.17, 15) is 0 Å². The number of thiocarbonyl (C=S) groups is 1. The highest BCUT2D eigenvalue weighted by atomic mass is 32.1. The Morgan fingerprint density at radius 1 is 1.50 bits per heavy atom. The largest absolute Gasteiger partial charge is 0.472 e. The molecule has 0 aliphatic rings. The first-order chi connectivity index (χ1) is 7.34. The molecule has 3 nitrogen and oxygen atoms in total. The molecule has 0 unspecified atom stereocenters. The van der Waals surface area contributed by atoms with Crippen LogP contribution in [-0.4, -0.2) is 15.6 Å². The summed E-state index contributed by atoms with van der Waals surface area (Å²) in [4.78, 5) is 4.68. The van der Waals surface area contributed by atoms with E-state index in [0.717, 1.165) is 17.7 Å². The molecule has 1 aromatic heterocycles. The third-order valence-electron chi connectivity index (χ3n) is 2.45. The number of aromatic nitrogens is 1. The number of nitrogens with zero attached hydrogens (tertiary/aromatic N) is 1. The Morgan fingerprint density at radius 2 is 2.12 bits per heavy atom. The maximum Gasteiger partial charge on any atom is 0.214 e. The van der Waals surface area contributed by atoms with Gasteiger partial charge in [0.25, 0.3) is 0 Å². The molecule has 0 aliphatic carbocycles. The van der Waals surface area contributed by atoms with E-state index in [1.54, 1.807) is 6.07 Å². The fourth-order valence-corrected chi connectivity index (χ4v) is 1.31. The van der Waals surface area contributed by atoms with Crippen molar-refractivity contribution in [1.29, 1.82) is 0 Å². The molecule has 0 radical (unpaired) electrons. The fourth-order valence-electron chi connectivity index (χ4n) is 1.19. The van der Waals surface area contributed by atoms with Gasteiger partial charge in [0.05, 0.1) is 0 Å². The minimum Gasteiger partial charge on any atom is -0.472 e. The first kappa shape index (κ1) is 12.9. The summed E-state index contributed by atoms with van der Waals surface area (Å²) < 4.78 is 5.80. The first-order valence-corrected chi connectivity index (χ1v) is 5.72. The van der Waals surface area contributed by atoms with Crippen molar-refractivity contribution in [2.45, 2.75) is 39.7 Å². The average molecular weight is 238 g/mol. The molecule has 2 N–H and O–H groups in total. The SMILES string of the molecule is CCC(C)(C)Oc1cc(C(N)=S)cc(C)n1. The van der Waals surface area contributed by atoms with Crippen molar-refractivity contribution in [3.05, 3.63) is 23.4 Å². The number of pyridine rings is 1. The lowest BCUT2D eigenvalue weighted by atomic mass is 10.1. The summed E-state index contributed by atoms with van der Waals surface area (Å²) in [5.41, 5.74) is 7.02. The van der Waals surface area contributed by atoms with Crippen molar-refractivity contribution >= 4 is 17.2 Å². The Balaban J connectivity index is 3.01. The molecule has 0 atom stereocenters. The van der Waals surface area contributed by atoms with Gasteiger partial charge in [0.2, 0.25) is 5.88 Å². The maximum atomic E-state index is 5.80. The zero-order valence-electron chi connectivity index (χ0n) is 10.2. The number of aryl methyl sites for hydroxylation is 1. The van der Waals surface area contributed by atoms with Crippen LogP contribution < -0.4 is 10.5 Å². The Bertz CT molecular complexity index is 402. The van der Waals surface area contributed by atoms with E-state index in [1.807, 2.05) is 26.8 Å². The Hall–Kier alpha value is -1.16. The molecule has 0 saturated heterocycles. The van der Waals surface area contributed by atoms with E-state index in [-0.39, 0.29) is 5.60 Å². The van der Waals surface area contributed by atoms with Gasteiger partial charge >= 0.3 is 0 Å². The lowest BCUT2D eigenvalue weighted by Crippen LogP contribution is -2.27. The molecule has 4 heteroatoms. The van der Waals surface area contributed by atoms with Crippen LogP contribution >= 0.6 is 12.2 Å². The van der Waals surface area contributed by atoms with E-state index in [0.29, 0.717) is 10.9 Å². The highest BCUT2D eigenvalue weighted by molar-refractivity contribution is 7.80. The van der Waals surface area contributed by atoms with Gasteiger partial charge in [-0.25, -0.2) is 4.98 Å². The molecule has 1 aromatic rings. The van der Waals surface area contributed by atoms with Gasteiger partial charge in [0, 0.05) is 17.3 Å². The predicted octanol–water partition coefficient (Wildman–Crippen LogP) is 2.59. The summed E-state index contributed by atoms with van der Waals surface area (Å²) in [6.45, 7) is 8.02. The summed E-state index contributed by atoms with van der Waals surface area (Å²) in [7, 11) is 0. The molecule has 0 aromatic carbocycles. The maximum absolute atomic E-state index is 5.80. The van der Waals surface area contributed by atoms with Crippen molar-refractivity contribution in [1.82, 2.24) is 4.98 Å². The normalized spacial score (nSPS) is 11.2. The third kappa shape index (κ3) is 3.45. The summed E-state index contributed by atoms with van der Waals surface area (Å²) in [5.74, 6) is 0.578. The van der Waals surface area contributed by atoms with Gasteiger partial charge in [-0.1, -0.05) is 19.1 Å². The van der Waals surface area contributed by atoms with Gasteiger partial charge in [-0.15, -0.1) is 0 Å². The van der Waals surface area contributed by atoms with Crippen molar-refractivity contribution in [2.75, 3.05) is 0 Å². The van der Waals surface area contributed by atoms with E-state index >= 15 is 0 Å². The molecule has 0 bridgehead atoms. The minimum atomic E-state index is -0.228. The van der Waals surface area contributed by atoms with Crippen LogP contribution in [0.3, 0.4) is 0 Å². The second kappa shape index (κ2) is 4.78. The van der Waals surface area contributed by atoms with Crippen LogP contribution in [0.25, 0.3) is 0 Å². The third-order valence-corrected chi connectivity index (χ3v) is 2.68. The molecule has 1 heterocycles. The average Bonchev–Trinajstić information content (AvgIpc) is 2.16. The van der Waals surface area contributed by atoms with Crippen molar-refractivity contribution in [3.8, 4) is 5.88 Å². The van der Waals surface area contributed by atoms with Gasteiger partial charge in [-0.2, -0.15) is 0 Å². The van der Waals surface area contributed by atoms with Gasteiger partial charge < -0.3 is 10.5 Å². The standard InChI is InChI=1S/C12H18N2OS/c1-5-12(3,4)15-10-7-9(11(13)16)6-8(2)14-10/h6-7H,5H2,1-4H3,(H2,13,16). The molecule has 0 fully saturated rings. The number of hydrogen-bond acceptors (Lipinski definition) is 3. The minimum absolute atomic E-state index is 0.228. The smallest absolute Gasteiger partial charge is 0.214 e. The first-order valence-electron chi connectivity index (χ1n) is 5.31. The monoisotopic (exact) mass is 238 g/mol. The Morgan fingerprint density at radius 3 is 2.62 bits per heavy atom. The fraction of sp³-hybridized carbons (Fsp3) is 0.500. The van der Waals surface area contributed by atoms with Crippen LogP contribution in [0.1, 0.15) is 38.4 Å². The number of nitrogens with two attached hydrogens (primary N) is 1. The molecular weight excluding hydrogens is 220 g/mol. The zero-order valence-corrected chi connectivity index (χ0v) is 11.0. The molecule has 16 heavy (non-hydrogen) atoms. The van der Waals surface area contributed by atoms with E-state index in [2.05, 4.69) is 11.9 Å². The van der Waals surface area contributed by atoms with Gasteiger partial charge in [-0.05, 0) is 33.3 Å². The second-order valence-corrected chi connectivity index (χ2v) is 4.85. The van der Waals surface area contributed by atoms with E-state index in [4.69, 9.17) is 22.7 Å². The van der Waals surface area contributed by atoms with Gasteiger partial charge in [0.1, 0.15) is 10.6 Å². The van der Waals surface area contributed by atoms with Crippen LogP contribution in [0.4, 0.5) is 0 Å². The lowest BCUT2D eigenvalue weighted by molar-refractivity contribution is 0.0988. The molecule has 1 rings (SSSR count). The van der Waals surface area contributed by atoms with Crippen LogP contribution in [-0.2, 0) is 0 Å². The van der Waals surface area contributed by atoms with Crippen LogP contribution in [0.2, 0.25) is 0 Å². The highest BCUT2D eigenvalue weighted by Gasteiger charge is 2.18. The van der Waals surface area contributed by atoms with Crippen LogP contribution in [0, 0.1) is 6.92 Å². The quantitative estimate of drug-likeness (QED) is 0.819. The van der Waals surface area contributed by atoms with Crippen molar-refractivity contribution < 1.29 is 4.74 Å². The topological polar surface area (TPSA) is 48.1 Å². The number of hydrogen-bond donors (Lipinski definition) is 1. The van der Waals surface area contributed by atoms with Gasteiger partial charge in [0.15, 0.2) is 0 Å². The van der Waals surface area contributed by atoms with Crippen molar-refractivity contribution in [2.24, 2.45) is 5.73 Å². The molecule has 0 spiro atoms. The second-order valence-electron chi connectivity index (χ2n) is 4.41. The molecule has 0 aliphatic heterocycles. The van der Waals surface area contributed by atoms with Crippen LogP contribution in [0.5, 0.6) is 5.88 Å². The Kier molecular flexibility index (Phi) is 3.86. The Labute approximate surface area is 102 Å². The summed E-state index contributed by atoms with van der Waals surface area (Å²) in [5, 5.41) is 0. The molecule has 0 saturated carbocycles. The zero-order chi connectivity index (χ0) is 12.3. The summed E-state index contributed by atoms with van der Waals surface area (Å²) in [6, 6.07) is 3.64. The summed E-state index contributed by atoms with van der Waals surface area (Å²) >= 11 is 4.95. The molecular formula is C12H18N2OS. The van der Waals surface area contributed by atoms with E-state index in [1.165, 1.54) is 0 Å². The van der Waals surface area contributed by atoms with Crippen molar-refractivity contribution in [3.63, 3.8) is 0 Å². The summed E-state index contributed by atoms with van der Waals surface area (Å²) in [6.07, 6.45) is 0.908. The van der Waals surface area contributed by atoms with Crippen LogP contribution in [0.15, 0.2) is 12.1 Å². The predicted molar refractivity (Wildman–Crippen MR) is 69.9 cm³/mol. The van der Waals surface area contributed by atoms with E-state index < -0.39 is 0 Å². The van der Waals surface area contributed by atoms with Gasteiger partial charge in [-0.3, -0.25) is 0 Å². The number of rotatable bonds is 4. The molecule has 0 amide bonds. The highest BCUT2D eigenvalue weighted by Crippen LogP contribution is 2.20. The lowest BCUT2D eigenvalue weighted by Gasteiger charge is -2.24. The number of ether oxygens (including phenoxy) is 1. The molecule has 88 valence electrons.